The maximum absolute atomic E-state index is 6.56. The molecule has 0 amide bonds. The van der Waals surface area contributed by atoms with E-state index in [1.807, 2.05) is 42.5 Å². The van der Waals surface area contributed by atoms with Crippen LogP contribution in [0.15, 0.2) is 148 Å². The highest BCUT2D eigenvalue weighted by Crippen LogP contribution is 2.43. The summed E-state index contributed by atoms with van der Waals surface area (Å²) < 4.78 is 15.2. The fourth-order valence-electron chi connectivity index (χ4n) is 7.48. The van der Waals surface area contributed by atoms with Gasteiger partial charge in [-0.05, 0) is 64.0 Å². The van der Waals surface area contributed by atoms with Gasteiger partial charge in [0.1, 0.15) is 28.0 Å². The molecule has 0 atom stereocenters. The van der Waals surface area contributed by atoms with Crippen LogP contribution in [0.1, 0.15) is 0 Å². The second-order valence-corrected chi connectivity index (χ2v) is 12.2. The van der Waals surface area contributed by atoms with Gasteiger partial charge in [-0.25, -0.2) is 9.97 Å². The lowest BCUT2D eigenvalue weighted by Crippen LogP contribution is -2.03. The number of aromatic nitrogens is 3. The molecule has 218 valence electrons. The lowest BCUT2D eigenvalue weighted by Gasteiger charge is -2.13. The zero-order chi connectivity index (χ0) is 30.6. The van der Waals surface area contributed by atoms with Crippen molar-refractivity contribution in [2.24, 2.45) is 0 Å². The first-order valence-electron chi connectivity index (χ1n) is 15.8. The third kappa shape index (κ3) is 3.37. The average molecular weight is 602 g/mol. The van der Waals surface area contributed by atoms with Crippen LogP contribution in [0.5, 0.6) is 0 Å². The molecule has 47 heavy (non-hydrogen) atoms. The number of rotatable bonds is 2. The van der Waals surface area contributed by atoms with Gasteiger partial charge in [0.15, 0.2) is 5.82 Å². The highest BCUT2D eigenvalue weighted by Gasteiger charge is 2.25. The zero-order valence-electron chi connectivity index (χ0n) is 24.9. The van der Waals surface area contributed by atoms with Gasteiger partial charge in [-0.3, -0.25) is 4.57 Å². The van der Waals surface area contributed by atoms with Crippen LogP contribution < -0.4 is 0 Å². The summed E-state index contributed by atoms with van der Waals surface area (Å²) >= 11 is 0. The molecule has 7 aromatic carbocycles. The van der Waals surface area contributed by atoms with Crippen LogP contribution >= 0.6 is 0 Å². The fraction of sp³-hybridized carbons (Fsp3) is 0. The molecule has 0 spiro atoms. The summed E-state index contributed by atoms with van der Waals surface area (Å²) in [5.41, 5.74) is 7.28. The maximum Gasteiger partial charge on any atom is 0.247 e. The maximum atomic E-state index is 6.56. The van der Waals surface area contributed by atoms with Crippen molar-refractivity contribution in [2.75, 3.05) is 0 Å². The van der Waals surface area contributed by atoms with Gasteiger partial charge in [0.05, 0.1) is 11.0 Å². The molecule has 5 nitrogen and oxygen atoms in total. The van der Waals surface area contributed by atoms with Gasteiger partial charge in [0.2, 0.25) is 5.71 Å². The fourth-order valence-corrected chi connectivity index (χ4v) is 7.48. The highest BCUT2D eigenvalue weighted by atomic mass is 16.3. The van der Waals surface area contributed by atoms with Gasteiger partial charge < -0.3 is 8.83 Å². The van der Waals surface area contributed by atoms with Gasteiger partial charge in [0, 0.05) is 32.5 Å². The molecular weight excluding hydrogens is 578 g/mol. The van der Waals surface area contributed by atoms with Crippen LogP contribution in [-0.2, 0) is 0 Å². The Morgan fingerprint density at radius 3 is 2.00 bits per heavy atom. The Morgan fingerprint density at radius 2 is 1.15 bits per heavy atom. The normalized spacial score (nSPS) is 12.3. The molecular formula is C42H23N3O2. The summed E-state index contributed by atoms with van der Waals surface area (Å²) in [5, 5.41) is 10.2. The van der Waals surface area contributed by atoms with Gasteiger partial charge in [-0.1, -0.05) is 97.1 Å². The molecule has 0 aliphatic heterocycles. The Bertz CT molecular complexity index is 3090. The van der Waals surface area contributed by atoms with Gasteiger partial charge >= 0.3 is 0 Å². The standard InChI is InChI=1S/C42H23N3O2/c1-2-12-26-23-34-32(22-25(26)11-1)37-27-13-4-3-10-24(27)20-21-33(37)45(34)41-38(44-42-39(43-41)30-15-6-8-19-36(30)47-42)31-17-9-16-29-28-14-5-7-18-35(28)46-40(29)31/h1-23H. The molecule has 0 bridgehead atoms. The predicted octanol–water partition coefficient (Wildman–Crippen LogP) is 11.3. The van der Waals surface area contributed by atoms with Gasteiger partial charge in [-0.15, -0.1) is 0 Å². The van der Waals surface area contributed by atoms with E-state index >= 15 is 0 Å². The molecule has 11 rings (SSSR count). The Hall–Kier alpha value is -6.46. The van der Waals surface area contributed by atoms with Crippen molar-refractivity contribution in [2.45, 2.75) is 0 Å². The topological polar surface area (TPSA) is 57.0 Å². The van der Waals surface area contributed by atoms with Gasteiger partial charge in [-0.2, -0.15) is 0 Å². The summed E-state index contributed by atoms with van der Waals surface area (Å²) in [6, 6.07) is 48.6. The number of benzene rings is 7. The summed E-state index contributed by atoms with van der Waals surface area (Å²) in [7, 11) is 0. The number of para-hydroxylation sites is 3. The first kappa shape index (κ1) is 24.8. The number of fused-ring (bicyclic) bond motifs is 12. The van der Waals surface area contributed by atoms with E-state index < -0.39 is 0 Å². The number of hydrogen-bond acceptors (Lipinski definition) is 4. The SMILES string of the molecule is c1ccc2cc3c(cc2c1)c1c2ccccc2ccc1n3-c1nc2c(nc1-c1cccc3c1oc1ccccc13)oc1ccccc12. The molecule has 0 unspecified atom stereocenters. The smallest absolute Gasteiger partial charge is 0.247 e. The lowest BCUT2D eigenvalue weighted by atomic mass is 10.0. The quantitative estimate of drug-likeness (QED) is 0.198. The number of furan rings is 2. The third-order valence-electron chi connectivity index (χ3n) is 9.59. The van der Waals surface area contributed by atoms with Crippen LogP contribution in [0.3, 0.4) is 0 Å². The summed E-state index contributed by atoms with van der Waals surface area (Å²) in [6.45, 7) is 0. The van der Waals surface area contributed by atoms with Crippen molar-refractivity contribution >= 4 is 87.5 Å². The molecule has 0 saturated heterocycles. The second kappa shape index (κ2) is 9.05. The minimum Gasteiger partial charge on any atom is -0.455 e. The number of nitrogens with zero attached hydrogens (tertiary/aromatic N) is 3. The van der Waals surface area contributed by atoms with E-state index in [0.29, 0.717) is 11.4 Å². The van der Waals surface area contributed by atoms with E-state index in [1.54, 1.807) is 0 Å². The van der Waals surface area contributed by atoms with E-state index in [2.05, 4.69) is 102 Å². The summed E-state index contributed by atoms with van der Waals surface area (Å²) in [6.07, 6.45) is 0. The molecule has 0 N–H and O–H groups in total. The van der Waals surface area contributed by atoms with Crippen LogP contribution in [0.25, 0.3) is 105 Å². The molecule has 5 heteroatoms. The van der Waals surface area contributed by atoms with Crippen LogP contribution in [0.2, 0.25) is 0 Å². The van der Waals surface area contributed by atoms with Crippen LogP contribution in [0, 0.1) is 0 Å². The van der Waals surface area contributed by atoms with Crippen molar-refractivity contribution in [1.82, 2.24) is 14.5 Å². The molecule has 4 aromatic heterocycles. The molecule has 0 radical (unpaired) electrons. The Kier molecular flexibility index (Phi) is 4.78. The molecule has 0 fully saturated rings. The Morgan fingerprint density at radius 1 is 0.468 bits per heavy atom. The van der Waals surface area contributed by atoms with Gasteiger partial charge in [0.25, 0.3) is 0 Å². The molecule has 0 aliphatic rings. The average Bonchev–Trinajstić information content (AvgIpc) is 3.79. The first-order chi connectivity index (χ1) is 23.3. The van der Waals surface area contributed by atoms with Crippen molar-refractivity contribution in [1.29, 1.82) is 0 Å². The van der Waals surface area contributed by atoms with Crippen molar-refractivity contribution in [3.8, 4) is 17.1 Å². The minimum absolute atomic E-state index is 0.495. The molecule has 11 aromatic rings. The lowest BCUT2D eigenvalue weighted by molar-refractivity contribution is 0.652. The van der Waals surface area contributed by atoms with E-state index in [-0.39, 0.29) is 0 Å². The van der Waals surface area contributed by atoms with Crippen LogP contribution in [-0.4, -0.2) is 14.5 Å². The molecule has 0 saturated carbocycles. The summed E-state index contributed by atoms with van der Waals surface area (Å²) in [5.74, 6) is 0.725. The molecule has 4 heterocycles. The Balaban J connectivity index is 1.36. The second-order valence-electron chi connectivity index (χ2n) is 12.2. The highest BCUT2D eigenvalue weighted by molar-refractivity contribution is 6.23. The van der Waals surface area contributed by atoms with E-state index in [0.717, 1.165) is 66.2 Å². The van der Waals surface area contributed by atoms with Crippen LogP contribution in [0.4, 0.5) is 0 Å². The summed E-state index contributed by atoms with van der Waals surface area (Å²) in [4.78, 5) is 10.8. The number of hydrogen-bond donors (Lipinski definition) is 0. The van der Waals surface area contributed by atoms with Crippen molar-refractivity contribution in [3.63, 3.8) is 0 Å². The van der Waals surface area contributed by atoms with E-state index in [4.69, 9.17) is 18.8 Å². The predicted molar refractivity (Wildman–Crippen MR) is 191 cm³/mol. The zero-order valence-corrected chi connectivity index (χ0v) is 24.9. The first-order valence-corrected chi connectivity index (χ1v) is 15.8. The van der Waals surface area contributed by atoms with E-state index in [9.17, 15) is 0 Å². The third-order valence-corrected chi connectivity index (χ3v) is 9.59. The molecule has 0 aliphatic carbocycles. The monoisotopic (exact) mass is 601 g/mol. The minimum atomic E-state index is 0.495. The Labute approximate surface area is 266 Å². The van der Waals surface area contributed by atoms with Crippen molar-refractivity contribution < 1.29 is 8.83 Å². The van der Waals surface area contributed by atoms with E-state index in [1.165, 1.54) is 26.9 Å². The largest absolute Gasteiger partial charge is 0.455 e. The van der Waals surface area contributed by atoms with Crippen molar-refractivity contribution in [3.05, 3.63) is 140 Å².